The second kappa shape index (κ2) is 11.8. The number of aliphatic hydroxyl groups is 1. The van der Waals surface area contributed by atoms with Crippen LogP contribution in [0.5, 0.6) is 0 Å². The molecular formula is C22H39N3O4Si. The highest BCUT2D eigenvalue weighted by Gasteiger charge is 2.41. The van der Waals surface area contributed by atoms with Crippen molar-refractivity contribution in [2.45, 2.75) is 84.2 Å². The second-order valence-corrected chi connectivity index (χ2v) is 14.2. The number of hydrogen-bond acceptors (Lipinski definition) is 5. The Balaban J connectivity index is 2.98. The molecule has 0 bridgehead atoms. The Morgan fingerprint density at radius 1 is 1.13 bits per heavy atom. The Bertz CT molecular complexity index is 675. The van der Waals surface area contributed by atoms with Gasteiger partial charge in [-0.25, -0.2) is 0 Å². The van der Waals surface area contributed by atoms with Gasteiger partial charge >= 0.3 is 0 Å². The van der Waals surface area contributed by atoms with Crippen molar-refractivity contribution >= 4 is 8.32 Å². The zero-order chi connectivity index (χ0) is 22.9. The molecule has 2 unspecified atom stereocenters. The van der Waals surface area contributed by atoms with Crippen LogP contribution < -0.4 is 0 Å². The van der Waals surface area contributed by atoms with Gasteiger partial charge in [0.2, 0.25) is 0 Å². The van der Waals surface area contributed by atoms with Crippen LogP contribution in [0.4, 0.5) is 0 Å². The summed E-state index contributed by atoms with van der Waals surface area (Å²) in [4.78, 5) is 2.93. The molecule has 8 heteroatoms. The monoisotopic (exact) mass is 437 g/mol. The molecule has 0 spiro atoms. The van der Waals surface area contributed by atoms with Crippen molar-refractivity contribution < 1.29 is 19.0 Å². The number of nitrogens with zero attached hydrogens (tertiary/aromatic N) is 3. The van der Waals surface area contributed by atoms with Crippen LogP contribution in [0, 0.1) is 5.92 Å². The summed E-state index contributed by atoms with van der Waals surface area (Å²) in [6, 6.07) is 9.44. The highest BCUT2D eigenvalue weighted by atomic mass is 28.4. The highest BCUT2D eigenvalue weighted by Crippen LogP contribution is 2.38. The summed E-state index contributed by atoms with van der Waals surface area (Å²) in [6.07, 6.45) is -1.23. The normalized spacial score (nSPS) is 17.5. The first-order chi connectivity index (χ1) is 13.9. The van der Waals surface area contributed by atoms with Crippen molar-refractivity contribution in [1.29, 1.82) is 0 Å². The predicted molar refractivity (Wildman–Crippen MR) is 123 cm³/mol. The molecule has 0 saturated carbocycles. The molecule has 0 amide bonds. The number of rotatable bonds is 12. The lowest BCUT2D eigenvalue weighted by atomic mass is 10.1. The third-order valence-corrected chi connectivity index (χ3v) is 10.3. The van der Waals surface area contributed by atoms with E-state index in [2.05, 4.69) is 43.9 Å². The number of hydrogen-bond donors (Lipinski definition) is 1. The Morgan fingerprint density at radius 3 is 2.23 bits per heavy atom. The zero-order valence-corrected chi connectivity index (χ0v) is 20.7. The number of aliphatic hydroxyl groups excluding tert-OH is 1. The van der Waals surface area contributed by atoms with Crippen LogP contribution in [0.15, 0.2) is 35.4 Å². The molecule has 0 aliphatic rings. The van der Waals surface area contributed by atoms with Crippen LogP contribution in [0.1, 0.15) is 53.2 Å². The molecule has 0 heterocycles. The lowest BCUT2D eigenvalue weighted by molar-refractivity contribution is -0.174. The van der Waals surface area contributed by atoms with E-state index in [0.717, 1.165) is 5.56 Å². The molecule has 1 N–H and O–H groups in total. The summed E-state index contributed by atoms with van der Waals surface area (Å²) in [5, 5.41) is 13.5. The Hall–Kier alpha value is -1.41. The van der Waals surface area contributed by atoms with Crippen LogP contribution >= 0.6 is 0 Å². The van der Waals surface area contributed by atoms with Crippen molar-refractivity contribution in [3.63, 3.8) is 0 Å². The molecule has 0 fully saturated rings. The molecule has 0 aromatic heterocycles. The molecule has 1 rings (SSSR count). The topological polar surface area (TPSA) is 96.7 Å². The summed E-state index contributed by atoms with van der Waals surface area (Å²) in [5.41, 5.74) is 10.0. The highest BCUT2D eigenvalue weighted by molar-refractivity contribution is 6.74. The summed E-state index contributed by atoms with van der Waals surface area (Å²) in [6.45, 7) is 16.6. The van der Waals surface area contributed by atoms with Crippen molar-refractivity contribution in [3.8, 4) is 0 Å². The first kappa shape index (κ1) is 26.6. The molecule has 5 atom stereocenters. The van der Waals surface area contributed by atoms with Gasteiger partial charge in [-0.1, -0.05) is 70.1 Å². The van der Waals surface area contributed by atoms with Crippen LogP contribution in [0.2, 0.25) is 18.1 Å². The van der Waals surface area contributed by atoms with Crippen molar-refractivity contribution in [3.05, 3.63) is 46.3 Å². The largest absolute Gasteiger partial charge is 0.396 e. The molecule has 1 aromatic rings. The van der Waals surface area contributed by atoms with Gasteiger partial charge in [0.15, 0.2) is 14.6 Å². The molecule has 7 nitrogen and oxygen atoms in total. The van der Waals surface area contributed by atoms with Crippen LogP contribution in [-0.2, 0) is 13.9 Å². The number of azide groups is 1. The molecule has 0 radical (unpaired) electrons. The van der Waals surface area contributed by atoms with Gasteiger partial charge in [0, 0.05) is 17.4 Å². The molecule has 0 saturated heterocycles. The quantitative estimate of drug-likeness (QED) is 0.146. The van der Waals surface area contributed by atoms with Crippen molar-refractivity contribution in [2.75, 3.05) is 13.2 Å². The standard InChI is InChI=1S/C22H39N3O4Si/c1-16(14-26)20(15-27-18(3)19-12-10-9-11-13-19)28-21(17(2)24-25-23)29-30(7,8)22(4,5)6/h9-13,16-18,20-21,26H,14-15H2,1-8H3/t16-,17-,18?,20?,21-/m0/s1. The number of benzene rings is 1. The van der Waals surface area contributed by atoms with Gasteiger partial charge in [0.1, 0.15) is 0 Å². The van der Waals surface area contributed by atoms with Gasteiger partial charge in [0.25, 0.3) is 0 Å². The summed E-state index contributed by atoms with van der Waals surface area (Å²) < 4.78 is 18.8. The third-order valence-electron chi connectivity index (χ3n) is 5.86. The van der Waals surface area contributed by atoms with E-state index in [0.29, 0.717) is 0 Å². The summed E-state index contributed by atoms with van der Waals surface area (Å²) in [5.74, 6) is -0.170. The van der Waals surface area contributed by atoms with E-state index in [-0.39, 0.29) is 30.3 Å². The molecule has 1 aromatic carbocycles. The molecule has 30 heavy (non-hydrogen) atoms. The molecular weight excluding hydrogens is 398 g/mol. The first-order valence-corrected chi connectivity index (χ1v) is 13.5. The maximum absolute atomic E-state index is 9.75. The Labute approximate surface area is 182 Å². The van der Waals surface area contributed by atoms with E-state index in [1.54, 1.807) is 6.92 Å². The average molecular weight is 438 g/mol. The maximum Gasteiger partial charge on any atom is 0.195 e. The smallest absolute Gasteiger partial charge is 0.195 e. The van der Waals surface area contributed by atoms with Crippen LogP contribution in [-0.4, -0.2) is 45.1 Å². The minimum absolute atomic E-state index is 0.0267. The fourth-order valence-corrected chi connectivity index (χ4v) is 3.72. The third kappa shape index (κ3) is 8.02. The van der Waals surface area contributed by atoms with Crippen molar-refractivity contribution in [2.24, 2.45) is 11.0 Å². The van der Waals surface area contributed by atoms with E-state index >= 15 is 0 Å². The van der Waals surface area contributed by atoms with Gasteiger partial charge in [-0.2, -0.15) is 0 Å². The SMILES string of the molecule is CC(OCC(O[C@@H](O[Si](C)(C)C(C)(C)C)[C@H](C)N=[N+]=[N-])[C@@H](C)CO)c1ccccc1. The fourth-order valence-electron chi connectivity index (χ4n) is 2.53. The van der Waals surface area contributed by atoms with Gasteiger partial charge in [-0.15, -0.1) is 0 Å². The summed E-state index contributed by atoms with van der Waals surface area (Å²) in [7, 11) is -2.18. The summed E-state index contributed by atoms with van der Waals surface area (Å²) >= 11 is 0. The van der Waals surface area contributed by atoms with Gasteiger partial charge in [0.05, 0.1) is 24.9 Å². The molecule has 170 valence electrons. The van der Waals surface area contributed by atoms with E-state index in [1.165, 1.54) is 0 Å². The van der Waals surface area contributed by atoms with Gasteiger partial charge in [-0.05, 0) is 36.2 Å². The van der Waals surface area contributed by atoms with E-state index < -0.39 is 26.8 Å². The minimum atomic E-state index is -2.18. The lowest BCUT2D eigenvalue weighted by Crippen LogP contribution is -2.49. The van der Waals surface area contributed by atoms with E-state index in [4.69, 9.17) is 19.4 Å². The maximum atomic E-state index is 9.75. The van der Waals surface area contributed by atoms with Gasteiger partial charge in [-0.3, -0.25) is 0 Å². The number of ether oxygens (including phenoxy) is 2. The lowest BCUT2D eigenvalue weighted by Gasteiger charge is -2.41. The zero-order valence-electron chi connectivity index (χ0n) is 19.7. The van der Waals surface area contributed by atoms with E-state index in [9.17, 15) is 5.11 Å². The van der Waals surface area contributed by atoms with Crippen LogP contribution in [0.25, 0.3) is 10.4 Å². The second-order valence-electron chi connectivity index (χ2n) is 9.41. The van der Waals surface area contributed by atoms with E-state index in [1.807, 2.05) is 44.2 Å². The predicted octanol–water partition coefficient (Wildman–Crippen LogP) is 5.82. The molecule has 0 aliphatic carbocycles. The average Bonchev–Trinajstić information content (AvgIpc) is 2.69. The first-order valence-electron chi connectivity index (χ1n) is 10.6. The minimum Gasteiger partial charge on any atom is -0.396 e. The fraction of sp³-hybridized carbons (Fsp3) is 0.727. The van der Waals surface area contributed by atoms with Gasteiger partial charge < -0.3 is 19.0 Å². The van der Waals surface area contributed by atoms with Crippen molar-refractivity contribution in [1.82, 2.24) is 0 Å². The van der Waals surface area contributed by atoms with Crippen LogP contribution in [0.3, 0.4) is 0 Å². The Kier molecular flexibility index (Phi) is 10.5. The molecule has 0 aliphatic heterocycles. The Morgan fingerprint density at radius 2 is 1.73 bits per heavy atom.